The van der Waals surface area contributed by atoms with Crippen molar-refractivity contribution in [2.75, 3.05) is 10.6 Å². The Morgan fingerprint density at radius 2 is 1.84 bits per heavy atom. The number of carbonyl (C=O) groups excluding carboxylic acids is 2. The van der Waals surface area contributed by atoms with Gasteiger partial charge in [-0.2, -0.15) is 0 Å². The van der Waals surface area contributed by atoms with E-state index in [0.29, 0.717) is 21.8 Å². The molecule has 134 valence electrons. The Labute approximate surface area is 156 Å². The van der Waals surface area contributed by atoms with E-state index in [-0.39, 0.29) is 24.7 Å². The van der Waals surface area contributed by atoms with E-state index in [2.05, 4.69) is 34.7 Å². The molecule has 0 bridgehead atoms. The molecule has 0 saturated carbocycles. The maximum absolute atomic E-state index is 11.9. The zero-order chi connectivity index (χ0) is 18.4. The lowest BCUT2D eigenvalue weighted by Crippen LogP contribution is -2.17. The van der Waals surface area contributed by atoms with Gasteiger partial charge >= 0.3 is 0 Å². The van der Waals surface area contributed by atoms with Crippen LogP contribution in [0.1, 0.15) is 37.3 Å². The summed E-state index contributed by atoms with van der Waals surface area (Å²) in [6.07, 6.45) is 0.981. The lowest BCUT2D eigenvalue weighted by molar-refractivity contribution is -0.121. The monoisotopic (exact) mass is 380 g/mol. The highest BCUT2D eigenvalue weighted by molar-refractivity contribution is 7.15. The Bertz CT molecular complexity index is 761. The quantitative estimate of drug-likeness (QED) is 0.758. The molecule has 2 N–H and O–H groups in total. The highest BCUT2D eigenvalue weighted by Crippen LogP contribution is 2.20. The minimum Gasteiger partial charge on any atom is -0.326 e. The van der Waals surface area contributed by atoms with Crippen molar-refractivity contribution in [1.82, 2.24) is 10.2 Å². The van der Waals surface area contributed by atoms with Gasteiger partial charge in [0.2, 0.25) is 16.9 Å². The van der Waals surface area contributed by atoms with E-state index in [1.807, 2.05) is 13.0 Å². The van der Waals surface area contributed by atoms with E-state index >= 15 is 0 Å². The van der Waals surface area contributed by atoms with Crippen LogP contribution in [0.15, 0.2) is 18.2 Å². The predicted octanol–water partition coefficient (Wildman–Crippen LogP) is 4.06. The molecule has 0 aliphatic heterocycles. The Morgan fingerprint density at radius 3 is 2.48 bits per heavy atom. The van der Waals surface area contributed by atoms with Gasteiger partial charge in [0, 0.05) is 30.0 Å². The molecule has 0 spiro atoms. The molecule has 0 aliphatic rings. The average molecular weight is 381 g/mol. The molecular formula is C17H21ClN4O2S. The van der Waals surface area contributed by atoms with Crippen LogP contribution in [-0.4, -0.2) is 22.0 Å². The van der Waals surface area contributed by atoms with Crippen molar-refractivity contribution >= 4 is 45.6 Å². The minimum absolute atomic E-state index is 0.0739. The van der Waals surface area contributed by atoms with Crippen molar-refractivity contribution in [1.29, 1.82) is 0 Å². The third-order valence-electron chi connectivity index (χ3n) is 3.33. The molecule has 0 fully saturated rings. The summed E-state index contributed by atoms with van der Waals surface area (Å²) >= 11 is 7.38. The lowest BCUT2D eigenvalue weighted by Gasteiger charge is -2.06. The summed E-state index contributed by atoms with van der Waals surface area (Å²) in [5.41, 5.74) is 1.55. The first-order chi connectivity index (χ1) is 11.8. The number of nitrogens with zero attached hydrogens (tertiary/aromatic N) is 2. The second-order valence-corrected chi connectivity index (χ2v) is 7.63. The second kappa shape index (κ2) is 8.92. The maximum Gasteiger partial charge on any atom is 0.226 e. The molecule has 25 heavy (non-hydrogen) atoms. The van der Waals surface area contributed by atoms with E-state index in [9.17, 15) is 9.59 Å². The average Bonchev–Trinajstić information content (AvgIpc) is 2.95. The molecule has 0 radical (unpaired) electrons. The molecule has 6 nitrogen and oxygen atoms in total. The predicted molar refractivity (Wildman–Crippen MR) is 101 cm³/mol. The normalized spacial score (nSPS) is 10.8. The van der Waals surface area contributed by atoms with Gasteiger partial charge < -0.3 is 10.6 Å². The Hall–Kier alpha value is -1.99. The molecule has 1 aromatic carbocycles. The molecule has 0 saturated heterocycles. The van der Waals surface area contributed by atoms with Crippen LogP contribution < -0.4 is 10.6 Å². The Balaban J connectivity index is 1.78. The molecule has 1 aromatic heterocycles. The van der Waals surface area contributed by atoms with Gasteiger partial charge in [-0.1, -0.05) is 42.9 Å². The first kappa shape index (κ1) is 19.3. The van der Waals surface area contributed by atoms with Gasteiger partial charge in [-0.3, -0.25) is 9.59 Å². The number of rotatable bonds is 7. The van der Waals surface area contributed by atoms with Crippen molar-refractivity contribution in [2.45, 2.75) is 40.0 Å². The van der Waals surface area contributed by atoms with E-state index in [1.54, 1.807) is 12.1 Å². The summed E-state index contributed by atoms with van der Waals surface area (Å²) in [5.74, 6) is -0.0207. The summed E-state index contributed by atoms with van der Waals surface area (Å²) < 4.78 is 0. The summed E-state index contributed by atoms with van der Waals surface area (Å²) in [5, 5.41) is 15.3. The fraction of sp³-hybridized carbons (Fsp3) is 0.412. The minimum atomic E-state index is -0.260. The van der Waals surface area contributed by atoms with Crippen LogP contribution in [-0.2, 0) is 16.0 Å². The van der Waals surface area contributed by atoms with Crippen LogP contribution in [0.25, 0.3) is 0 Å². The summed E-state index contributed by atoms with van der Waals surface area (Å²) in [6.45, 7) is 6.08. The van der Waals surface area contributed by atoms with Crippen molar-refractivity contribution < 1.29 is 9.59 Å². The third-order valence-corrected chi connectivity index (χ3v) is 4.60. The molecular weight excluding hydrogens is 360 g/mol. The highest BCUT2D eigenvalue weighted by Gasteiger charge is 2.11. The van der Waals surface area contributed by atoms with Gasteiger partial charge in [0.1, 0.15) is 5.01 Å². The molecule has 0 unspecified atom stereocenters. The fourth-order valence-electron chi connectivity index (χ4n) is 2.04. The van der Waals surface area contributed by atoms with Crippen molar-refractivity contribution in [3.8, 4) is 0 Å². The van der Waals surface area contributed by atoms with Gasteiger partial charge in [-0.25, -0.2) is 0 Å². The van der Waals surface area contributed by atoms with Gasteiger partial charge in [0.05, 0.1) is 0 Å². The molecule has 0 aliphatic carbocycles. The standard InChI is InChI=1S/C17H21ClN4O2S/c1-10(2)8-16-21-22-17(25-16)20-15(24)7-6-14(23)19-12-5-4-11(3)13(18)9-12/h4-5,9-10H,6-8H2,1-3H3,(H,19,23)(H,20,22,24). The first-order valence-electron chi connectivity index (χ1n) is 8.01. The van der Waals surface area contributed by atoms with E-state index in [4.69, 9.17) is 11.6 Å². The van der Waals surface area contributed by atoms with Crippen LogP contribution in [0, 0.1) is 12.8 Å². The lowest BCUT2D eigenvalue weighted by atomic mass is 10.1. The SMILES string of the molecule is Cc1ccc(NC(=O)CCC(=O)Nc2nnc(CC(C)C)s2)cc1Cl. The second-order valence-electron chi connectivity index (χ2n) is 6.16. The van der Waals surface area contributed by atoms with E-state index < -0.39 is 0 Å². The number of nitrogens with one attached hydrogen (secondary N) is 2. The van der Waals surface area contributed by atoms with Crippen molar-refractivity contribution in [2.24, 2.45) is 5.92 Å². The number of halogens is 1. The van der Waals surface area contributed by atoms with Crippen LogP contribution in [0.4, 0.5) is 10.8 Å². The number of anilines is 2. The molecule has 2 aromatic rings. The van der Waals surface area contributed by atoms with Crippen molar-refractivity contribution in [3.63, 3.8) is 0 Å². The molecule has 8 heteroatoms. The topological polar surface area (TPSA) is 84.0 Å². The van der Waals surface area contributed by atoms with Gasteiger partial charge in [-0.05, 0) is 30.5 Å². The number of aryl methyl sites for hydroxylation is 1. The number of hydrogen-bond donors (Lipinski definition) is 2. The largest absolute Gasteiger partial charge is 0.326 e. The van der Waals surface area contributed by atoms with Crippen LogP contribution in [0.3, 0.4) is 0 Å². The molecule has 0 atom stereocenters. The number of amides is 2. The van der Waals surface area contributed by atoms with Crippen LogP contribution >= 0.6 is 22.9 Å². The first-order valence-corrected chi connectivity index (χ1v) is 9.21. The number of hydrogen-bond acceptors (Lipinski definition) is 5. The summed E-state index contributed by atoms with van der Waals surface area (Å²) in [6, 6.07) is 5.29. The zero-order valence-electron chi connectivity index (χ0n) is 14.4. The fourth-order valence-corrected chi connectivity index (χ4v) is 3.19. The summed E-state index contributed by atoms with van der Waals surface area (Å²) in [4.78, 5) is 23.9. The van der Waals surface area contributed by atoms with Crippen molar-refractivity contribution in [3.05, 3.63) is 33.8 Å². The third kappa shape index (κ3) is 6.43. The smallest absolute Gasteiger partial charge is 0.226 e. The number of carbonyl (C=O) groups is 2. The maximum atomic E-state index is 11.9. The highest BCUT2D eigenvalue weighted by atomic mass is 35.5. The van der Waals surface area contributed by atoms with Gasteiger partial charge in [-0.15, -0.1) is 10.2 Å². The van der Waals surface area contributed by atoms with E-state index in [0.717, 1.165) is 17.0 Å². The number of aromatic nitrogens is 2. The zero-order valence-corrected chi connectivity index (χ0v) is 16.0. The Kier molecular flexibility index (Phi) is 6.90. The van der Waals surface area contributed by atoms with E-state index in [1.165, 1.54) is 11.3 Å². The molecule has 2 amide bonds. The molecule has 2 rings (SSSR count). The van der Waals surface area contributed by atoms with Crippen LogP contribution in [0.5, 0.6) is 0 Å². The summed E-state index contributed by atoms with van der Waals surface area (Å²) in [7, 11) is 0. The van der Waals surface area contributed by atoms with Crippen LogP contribution in [0.2, 0.25) is 5.02 Å². The Morgan fingerprint density at radius 1 is 1.16 bits per heavy atom. The van der Waals surface area contributed by atoms with Gasteiger partial charge in [0.15, 0.2) is 0 Å². The van der Waals surface area contributed by atoms with Gasteiger partial charge in [0.25, 0.3) is 0 Å². The molecule has 1 heterocycles. The number of benzene rings is 1.